The number of carbonyl (C=O) groups is 1. The van der Waals surface area contributed by atoms with Gasteiger partial charge >= 0.3 is 6.18 Å². The standard InChI is InChI=1S/C21H19F4N5O/c1-14-18(13-27-30(14)19-7-2-15(12-26-19)21(23,24)25)20(31)29-10-8-28(9-11-29)17-5-3-16(22)4-6-17/h2-7,12-13H,8-11H2,1H3. The molecule has 162 valence electrons. The van der Waals surface area contributed by atoms with Crippen LogP contribution in [0, 0.1) is 12.7 Å². The number of pyridine rings is 1. The zero-order chi connectivity index (χ0) is 22.2. The van der Waals surface area contributed by atoms with Crippen LogP contribution in [0.15, 0.2) is 48.8 Å². The van der Waals surface area contributed by atoms with Gasteiger partial charge in [-0.15, -0.1) is 0 Å². The van der Waals surface area contributed by atoms with Crippen LogP contribution in [0.4, 0.5) is 23.2 Å². The minimum absolute atomic E-state index is 0.200. The van der Waals surface area contributed by atoms with Gasteiger partial charge < -0.3 is 9.80 Å². The molecule has 1 saturated heterocycles. The van der Waals surface area contributed by atoms with Gasteiger partial charge in [-0.2, -0.15) is 18.3 Å². The van der Waals surface area contributed by atoms with Crippen molar-refractivity contribution < 1.29 is 22.4 Å². The molecule has 1 aliphatic rings. The fourth-order valence-corrected chi connectivity index (χ4v) is 3.52. The summed E-state index contributed by atoms with van der Waals surface area (Å²) in [5.74, 6) is -0.298. The normalized spacial score (nSPS) is 14.7. The van der Waals surface area contributed by atoms with Crippen LogP contribution in [0.5, 0.6) is 0 Å². The minimum atomic E-state index is -4.47. The Morgan fingerprint density at radius 3 is 2.23 bits per heavy atom. The van der Waals surface area contributed by atoms with E-state index in [2.05, 4.69) is 15.0 Å². The molecule has 0 spiro atoms. The van der Waals surface area contributed by atoms with Crippen molar-refractivity contribution in [3.8, 4) is 5.82 Å². The van der Waals surface area contributed by atoms with Crippen LogP contribution in [0.25, 0.3) is 5.82 Å². The number of benzene rings is 1. The molecule has 0 N–H and O–H groups in total. The number of hydrogen-bond acceptors (Lipinski definition) is 4. The molecule has 3 heterocycles. The van der Waals surface area contributed by atoms with Gasteiger partial charge in [0.15, 0.2) is 5.82 Å². The lowest BCUT2D eigenvalue weighted by Crippen LogP contribution is -2.48. The van der Waals surface area contributed by atoms with E-state index < -0.39 is 11.7 Å². The first-order chi connectivity index (χ1) is 14.7. The van der Waals surface area contributed by atoms with Gasteiger partial charge in [0.05, 0.1) is 23.0 Å². The van der Waals surface area contributed by atoms with Gasteiger partial charge in [-0.1, -0.05) is 0 Å². The molecule has 3 aromatic rings. The van der Waals surface area contributed by atoms with Crippen LogP contribution in [0.1, 0.15) is 21.6 Å². The first-order valence-electron chi connectivity index (χ1n) is 9.62. The Labute approximate surface area is 175 Å². The Kier molecular flexibility index (Phi) is 5.38. The predicted molar refractivity (Wildman–Crippen MR) is 106 cm³/mol. The third-order valence-electron chi connectivity index (χ3n) is 5.29. The number of piperazine rings is 1. The summed E-state index contributed by atoms with van der Waals surface area (Å²) in [5.41, 5.74) is 0.914. The first kappa shape index (κ1) is 20.8. The monoisotopic (exact) mass is 433 g/mol. The molecule has 1 aliphatic heterocycles. The summed E-state index contributed by atoms with van der Waals surface area (Å²) < 4.78 is 52.7. The highest BCUT2D eigenvalue weighted by Crippen LogP contribution is 2.29. The molecule has 31 heavy (non-hydrogen) atoms. The molecular weight excluding hydrogens is 414 g/mol. The van der Waals surface area contributed by atoms with Crippen LogP contribution < -0.4 is 4.90 Å². The largest absolute Gasteiger partial charge is 0.417 e. The van der Waals surface area contributed by atoms with Crippen molar-refractivity contribution in [1.82, 2.24) is 19.7 Å². The molecule has 0 atom stereocenters. The number of aromatic nitrogens is 3. The van der Waals surface area contributed by atoms with Crippen molar-refractivity contribution in [1.29, 1.82) is 0 Å². The van der Waals surface area contributed by atoms with Crippen LogP contribution >= 0.6 is 0 Å². The molecule has 0 saturated carbocycles. The van der Waals surface area contributed by atoms with E-state index in [1.54, 1.807) is 24.0 Å². The highest BCUT2D eigenvalue weighted by Gasteiger charge is 2.31. The van der Waals surface area contributed by atoms with E-state index in [-0.39, 0.29) is 17.5 Å². The predicted octanol–water partition coefficient (Wildman–Crippen LogP) is 3.70. The number of hydrogen-bond donors (Lipinski definition) is 0. The maximum atomic E-state index is 13.1. The maximum absolute atomic E-state index is 13.1. The number of alkyl halides is 3. The van der Waals surface area contributed by atoms with Gasteiger partial charge in [0, 0.05) is 38.1 Å². The number of nitrogens with zero attached hydrogens (tertiary/aromatic N) is 5. The van der Waals surface area contributed by atoms with E-state index >= 15 is 0 Å². The molecular formula is C21H19F4N5O. The average molecular weight is 433 g/mol. The van der Waals surface area contributed by atoms with Crippen molar-refractivity contribution in [2.45, 2.75) is 13.1 Å². The molecule has 1 fully saturated rings. The van der Waals surface area contributed by atoms with Crippen molar-refractivity contribution >= 4 is 11.6 Å². The molecule has 0 radical (unpaired) electrons. The second-order valence-corrected chi connectivity index (χ2v) is 7.21. The zero-order valence-electron chi connectivity index (χ0n) is 16.6. The molecule has 1 aromatic carbocycles. The van der Waals surface area contributed by atoms with E-state index in [4.69, 9.17) is 0 Å². The third kappa shape index (κ3) is 4.23. The fourth-order valence-electron chi connectivity index (χ4n) is 3.52. The molecule has 0 unspecified atom stereocenters. The molecule has 0 bridgehead atoms. The number of halogens is 4. The second kappa shape index (κ2) is 8.01. The summed E-state index contributed by atoms with van der Waals surface area (Å²) in [5, 5.41) is 4.14. The van der Waals surface area contributed by atoms with Gasteiger partial charge in [-0.05, 0) is 43.3 Å². The molecule has 1 amide bonds. The summed E-state index contributed by atoms with van der Waals surface area (Å²) in [6.07, 6.45) is -2.32. The van der Waals surface area contributed by atoms with E-state index in [0.717, 1.165) is 18.0 Å². The highest BCUT2D eigenvalue weighted by atomic mass is 19.4. The Morgan fingerprint density at radius 1 is 0.968 bits per heavy atom. The highest BCUT2D eigenvalue weighted by molar-refractivity contribution is 5.95. The molecule has 10 heteroatoms. The summed E-state index contributed by atoms with van der Waals surface area (Å²) in [6.45, 7) is 3.85. The van der Waals surface area contributed by atoms with Gasteiger partial charge in [-0.25, -0.2) is 14.1 Å². The topological polar surface area (TPSA) is 54.3 Å². The van der Waals surface area contributed by atoms with Crippen molar-refractivity contribution in [2.75, 3.05) is 31.1 Å². The lowest BCUT2D eigenvalue weighted by molar-refractivity contribution is -0.137. The van der Waals surface area contributed by atoms with Crippen LogP contribution in [-0.2, 0) is 6.18 Å². The van der Waals surface area contributed by atoms with Crippen LogP contribution in [0.2, 0.25) is 0 Å². The summed E-state index contributed by atoms with van der Waals surface area (Å²) in [7, 11) is 0. The number of carbonyl (C=O) groups excluding carboxylic acids is 1. The Balaban J connectivity index is 1.45. The second-order valence-electron chi connectivity index (χ2n) is 7.21. The van der Waals surface area contributed by atoms with Crippen LogP contribution in [0.3, 0.4) is 0 Å². The summed E-state index contributed by atoms with van der Waals surface area (Å²) >= 11 is 0. The molecule has 6 nitrogen and oxygen atoms in total. The van der Waals surface area contributed by atoms with Crippen molar-refractivity contribution in [3.05, 3.63) is 71.4 Å². The summed E-state index contributed by atoms with van der Waals surface area (Å²) in [6, 6.07) is 8.37. The Morgan fingerprint density at radius 2 is 1.65 bits per heavy atom. The molecule has 4 rings (SSSR count). The van der Waals surface area contributed by atoms with E-state index in [9.17, 15) is 22.4 Å². The van der Waals surface area contributed by atoms with Crippen molar-refractivity contribution in [3.63, 3.8) is 0 Å². The fraction of sp³-hybridized carbons (Fsp3) is 0.286. The Hall–Kier alpha value is -3.43. The minimum Gasteiger partial charge on any atom is -0.368 e. The number of rotatable bonds is 3. The van der Waals surface area contributed by atoms with Gasteiger partial charge in [-0.3, -0.25) is 4.79 Å². The molecule has 2 aromatic heterocycles. The van der Waals surface area contributed by atoms with E-state index in [1.165, 1.54) is 29.1 Å². The lowest BCUT2D eigenvalue weighted by Gasteiger charge is -2.36. The molecule has 0 aliphatic carbocycles. The summed E-state index contributed by atoms with van der Waals surface area (Å²) in [4.78, 5) is 20.6. The zero-order valence-corrected chi connectivity index (χ0v) is 16.6. The van der Waals surface area contributed by atoms with E-state index in [1.807, 2.05) is 0 Å². The number of anilines is 1. The first-order valence-corrected chi connectivity index (χ1v) is 9.62. The Bertz CT molecular complexity index is 1070. The number of amides is 1. The smallest absolute Gasteiger partial charge is 0.368 e. The SMILES string of the molecule is Cc1c(C(=O)N2CCN(c3ccc(F)cc3)CC2)cnn1-c1ccc(C(F)(F)F)cn1. The lowest BCUT2D eigenvalue weighted by atomic mass is 10.2. The quantitative estimate of drug-likeness (QED) is 0.592. The van der Waals surface area contributed by atoms with E-state index in [0.29, 0.717) is 37.4 Å². The van der Waals surface area contributed by atoms with Crippen LogP contribution in [-0.4, -0.2) is 51.8 Å². The van der Waals surface area contributed by atoms with Gasteiger partial charge in [0.25, 0.3) is 5.91 Å². The van der Waals surface area contributed by atoms with Crippen molar-refractivity contribution in [2.24, 2.45) is 0 Å². The van der Waals surface area contributed by atoms with Gasteiger partial charge in [0.1, 0.15) is 5.82 Å². The van der Waals surface area contributed by atoms with Gasteiger partial charge in [0.2, 0.25) is 0 Å². The third-order valence-corrected chi connectivity index (χ3v) is 5.29. The average Bonchev–Trinajstić information content (AvgIpc) is 3.14. The maximum Gasteiger partial charge on any atom is 0.417 e.